The van der Waals surface area contributed by atoms with Crippen molar-refractivity contribution in [2.45, 2.75) is 24.8 Å². The molecule has 0 saturated carbocycles. The van der Waals surface area contributed by atoms with Crippen LogP contribution in [0.3, 0.4) is 0 Å². The second kappa shape index (κ2) is 11.0. The maximum atomic E-state index is 12.9. The number of nitrogens with one attached hydrogen (secondary N) is 1. The zero-order valence-electron chi connectivity index (χ0n) is 18.2. The molecule has 6 heteroatoms. The van der Waals surface area contributed by atoms with E-state index >= 15 is 0 Å². The molecule has 3 aromatic carbocycles. The molecule has 0 fully saturated rings. The predicted octanol–water partition coefficient (Wildman–Crippen LogP) is 4.04. The Morgan fingerprint density at radius 3 is 1.91 bits per heavy atom. The summed E-state index contributed by atoms with van der Waals surface area (Å²) in [4.78, 5) is 24.8. The Kier molecular flexibility index (Phi) is 7.86. The highest BCUT2D eigenvalue weighted by Crippen LogP contribution is 2.29. The number of amides is 1. The molecule has 2 N–H and O–H groups in total. The van der Waals surface area contributed by atoms with Gasteiger partial charge < -0.3 is 19.9 Å². The van der Waals surface area contributed by atoms with Crippen LogP contribution >= 0.6 is 0 Å². The number of hydrogen-bond acceptors (Lipinski definition) is 4. The van der Waals surface area contributed by atoms with Crippen molar-refractivity contribution in [3.8, 4) is 11.5 Å². The summed E-state index contributed by atoms with van der Waals surface area (Å²) >= 11 is 0. The van der Waals surface area contributed by atoms with E-state index in [2.05, 4.69) is 5.32 Å². The van der Waals surface area contributed by atoms with Gasteiger partial charge in [0.25, 0.3) is 0 Å². The number of carboxylic acids is 1. The summed E-state index contributed by atoms with van der Waals surface area (Å²) in [6.45, 7) is 0. The number of methoxy groups -OCH3 is 2. The quantitative estimate of drug-likeness (QED) is 0.504. The summed E-state index contributed by atoms with van der Waals surface area (Å²) in [5.74, 6) is -0.526. The lowest BCUT2D eigenvalue weighted by molar-refractivity contribution is -0.141. The van der Waals surface area contributed by atoms with Gasteiger partial charge in [0.2, 0.25) is 5.91 Å². The summed E-state index contributed by atoms with van der Waals surface area (Å²) in [5, 5.41) is 12.4. The Labute approximate surface area is 187 Å². The maximum absolute atomic E-state index is 12.9. The minimum atomic E-state index is -1.09. The van der Waals surface area contributed by atoms with Crippen LogP contribution in [0.4, 0.5) is 0 Å². The Morgan fingerprint density at radius 1 is 0.844 bits per heavy atom. The third-order valence-corrected chi connectivity index (χ3v) is 5.31. The molecular weight excluding hydrogens is 406 g/mol. The van der Waals surface area contributed by atoms with Crippen molar-refractivity contribution in [1.82, 2.24) is 5.32 Å². The average molecular weight is 434 g/mol. The molecule has 0 spiro atoms. The van der Waals surface area contributed by atoms with E-state index in [9.17, 15) is 14.7 Å². The number of rotatable bonds is 10. The molecule has 0 aromatic heterocycles. The Bertz CT molecular complexity index is 997. The van der Waals surface area contributed by atoms with Gasteiger partial charge in [-0.05, 0) is 28.8 Å². The van der Waals surface area contributed by atoms with E-state index < -0.39 is 12.0 Å². The first-order chi connectivity index (χ1) is 15.5. The van der Waals surface area contributed by atoms with Crippen LogP contribution in [0.1, 0.15) is 29.0 Å². The van der Waals surface area contributed by atoms with E-state index in [1.165, 1.54) is 14.2 Å². The standard InChI is InChI=1S/C26H27NO5/c1-31-23-14-13-18(16-24(23)32-2)15-22(26(29)30)27-25(28)17-21(19-9-5-3-6-10-19)20-11-7-4-8-12-20/h3-14,16,21-22H,15,17H2,1-2H3,(H,27,28)(H,29,30). The van der Waals surface area contributed by atoms with Gasteiger partial charge in [-0.1, -0.05) is 66.7 Å². The van der Waals surface area contributed by atoms with Crippen molar-refractivity contribution >= 4 is 11.9 Å². The second-order valence-electron chi connectivity index (χ2n) is 7.43. The molecule has 0 aliphatic rings. The van der Waals surface area contributed by atoms with Gasteiger partial charge in [0.15, 0.2) is 11.5 Å². The minimum Gasteiger partial charge on any atom is -0.493 e. The van der Waals surface area contributed by atoms with Gasteiger partial charge in [-0.25, -0.2) is 4.79 Å². The van der Waals surface area contributed by atoms with Gasteiger partial charge >= 0.3 is 5.97 Å². The normalized spacial score (nSPS) is 11.6. The molecule has 0 heterocycles. The summed E-state index contributed by atoms with van der Waals surface area (Å²) in [5.41, 5.74) is 2.72. The van der Waals surface area contributed by atoms with Crippen LogP contribution in [0.15, 0.2) is 78.9 Å². The summed E-state index contributed by atoms with van der Waals surface area (Å²) in [6.07, 6.45) is 0.270. The van der Waals surface area contributed by atoms with Gasteiger partial charge in [0.05, 0.1) is 14.2 Å². The fourth-order valence-electron chi connectivity index (χ4n) is 3.68. The third kappa shape index (κ3) is 5.88. The van der Waals surface area contributed by atoms with Crippen molar-refractivity contribution < 1.29 is 24.2 Å². The zero-order chi connectivity index (χ0) is 22.9. The zero-order valence-corrected chi connectivity index (χ0v) is 18.2. The van der Waals surface area contributed by atoms with Crippen LogP contribution < -0.4 is 14.8 Å². The summed E-state index contributed by atoms with van der Waals surface area (Å²) < 4.78 is 10.5. The molecule has 6 nitrogen and oxygen atoms in total. The first-order valence-corrected chi connectivity index (χ1v) is 10.3. The maximum Gasteiger partial charge on any atom is 0.326 e. The Hall–Kier alpha value is -3.80. The van der Waals surface area contributed by atoms with Crippen LogP contribution in [0.25, 0.3) is 0 Å². The lowest BCUT2D eigenvalue weighted by atomic mass is 9.88. The van der Waals surface area contributed by atoms with Crippen molar-refractivity contribution in [3.63, 3.8) is 0 Å². The largest absolute Gasteiger partial charge is 0.493 e. The lowest BCUT2D eigenvalue weighted by Gasteiger charge is -2.20. The van der Waals surface area contributed by atoms with E-state index in [0.29, 0.717) is 11.5 Å². The number of carboxylic acid groups (broad SMARTS) is 1. The Morgan fingerprint density at radius 2 is 1.41 bits per heavy atom. The minimum absolute atomic E-state index is 0.128. The summed E-state index contributed by atoms with van der Waals surface area (Å²) in [7, 11) is 3.05. The van der Waals surface area contributed by atoms with Gasteiger partial charge in [0, 0.05) is 18.8 Å². The molecule has 1 amide bonds. The Balaban J connectivity index is 1.76. The highest BCUT2D eigenvalue weighted by atomic mass is 16.5. The molecule has 0 aliphatic heterocycles. The van der Waals surface area contributed by atoms with Crippen LogP contribution in [0.5, 0.6) is 11.5 Å². The van der Waals surface area contributed by atoms with Gasteiger partial charge in [0.1, 0.15) is 6.04 Å². The number of carbonyl (C=O) groups excluding carboxylic acids is 1. The number of benzene rings is 3. The van der Waals surface area contributed by atoms with Crippen LogP contribution in [0, 0.1) is 0 Å². The predicted molar refractivity (Wildman–Crippen MR) is 122 cm³/mol. The SMILES string of the molecule is COc1ccc(CC(NC(=O)CC(c2ccccc2)c2ccccc2)C(=O)O)cc1OC. The van der Waals surface area contributed by atoms with Crippen LogP contribution in [-0.4, -0.2) is 37.2 Å². The molecule has 0 saturated heterocycles. The van der Waals surface area contributed by atoms with Crippen molar-refractivity contribution in [2.24, 2.45) is 0 Å². The molecule has 0 aliphatic carbocycles. The van der Waals surface area contributed by atoms with E-state index in [-0.39, 0.29) is 24.7 Å². The first-order valence-electron chi connectivity index (χ1n) is 10.3. The number of ether oxygens (including phenoxy) is 2. The first kappa shape index (κ1) is 22.9. The smallest absolute Gasteiger partial charge is 0.326 e. The van der Waals surface area contributed by atoms with Crippen molar-refractivity contribution in [1.29, 1.82) is 0 Å². The van der Waals surface area contributed by atoms with Gasteiger partial charge in [-0.15, -0.1) is 0 Å². The topological polar surface area (TPSA) is 84.9 Å². The number of carbonyl (C=O) groups is 2. The van der Waals surface area contributed by atoms with Crippen LogP contribution in [0.2, 0.25) is 0 Å². The van der Waals surface area contributed by atoms with E-state index in [0.717, 1.165) is 16.7 Å². The lowest BCUT2D eigenvalue weighted by Crippen LogP contribution is -2.42. The molecular formula is C26H27NO5. The highest BCUT2D eigenvalue weighted by molar-refractivity contribution is 5.84. The van der Waals surface area contributed by atoms with Crippen LogP contribution in [-0.2, 0) is 16.0 Å². The molecule has 1 unspecified atom stereocenters. The summed E-state index contributed by atoms with van der Waals surface area (Å²) in [6, 6.07) is 23.6. The molecule has 0 bridgehead atoms. The molecule has 3 rings (SSSR count). The number of hydrogen-bond donors (Lipinski definition) is 2. The molecule has 32 heavy (non-hydrogen) atoms. The molecule has 166 valence electrons. The number of aliphatic carboxylic acids is 1. The fraction of sp³-hybridized carbons (Fsp3) is 0.231. The molecule has 0 radical (unpaired) electrons. The van der Waals surface area contributed by atoms with E-state index in [4.69, 9.17) is 9.47 Å². The monoisotopic (exact) mass is 433 g/mol. The third-order valence-electron chi connectivity index (χ3n) is 5.31. The van der Waals surface area contributed by atoms with E-state index in [1.54, 1.807) is 18.2 Å². The van der Waals surface area contributed by atoms with Gasteiger partial charge in [-0.2, -0.15) is 0 Å². The highest BCUT2D eigenvalue weighted by Gasteiger charge is 2.24. The second-order valence-corrected chi connectivity index (χ2v) is 7.43. The molecule has 1 atom stereocenters. The van der Waals surface area contributed by atoms with Gasteiger partial charge in [-0.3, -0.25) is 4.79 Å². The fourth-order valence-corrected chi connectivity index (χ4v) is 3.68. The average Bonchev–Trinajstić information content (AvgIpc) is 2.83. The van der Waals surface area contributed by atoms with Crippen molar-refractivity contribution in [2.75, 3.05) is 14.2 Å². The van der Waals surface area contributed by atoms with Crippen molar-refractivity contribution in [3.05, 3.63) is 95.6 Å². The molecule has 3 aromatic rings. The van der Waals surface area contributed by atoms with E-state index in [1.807, 2.05) is 60.7 Å².